The molecule has 0 fully saturated rings. The standard InChI is InChI=1S/C20H21N3O6/c1-12(2)21-20(26)23-15-6-4-3-5-14(15)19(25)27-10-18(24)22-13-7-8-16-17(9-13)29-11-28-16/h3-9,12H,10-11H2,1-2H3,(H,22,24)(H2,21,23,26). The van der Waals surface area contributed by atoms with E-state index in [-0.39, 0.29) is 24.1 Å². The van der Waals surface area contributed by atoms with Crippen molar-refractivity contribution in [3.8, 4) is 11.5 Å². The van der Waals surface area contributed by atoms with Crippen LogP contribution in [0.1, 0.15) is 24.2 Å². The Bertz CT molecular complexity index is 928. The Hall–Kier alpha value is -3.75. The molecule has 0 unspecified atom stereocenters. The number of carbonyl (C=O) groups is 3. The average Bonchev–Trinajstić information content (AvgIpc) is 3.13. The van der Waals surface area contributed by atoms with Crippen LogP contribution in [-0.4, -0.2) is 37.3 Å². The molecule has 2 aromatic rings. The third-order valence-electron chi connectivity index (χ3n) is 3.81. The molecule has 0 saturated carbocycles. The monoisotopic (exact) mass is 399 g/mol. The summed E-state index contributed by atoms with van der Waals surface area (Å²) in [5.41, 5.74) is 0.914. The summed E-state index contributed by atoms with van der Waals surface area (Å²) in [6.07, 6.45) is 0. The number of carbonyl (C=O) groups excluding carboxylic acids is 3. The number of para-hydroxylation sites is 1. The minimum atomic E-state index is -0.730. The molecule has 1 aliphatic heterocycles. The van der Waals surface area contributed by atoms with Crippen LogP contribution in [-0.2, 0) is 9.53 Å². The Morgan fingerprint density at radius 1 is 1.03 bits per heavy atom. The molecule has 2 aromatic carbocycles. The van der Waals surface area contributed by atoms with Gasteiger partial charge in [-0.05, 0) is 38.1 Å². The Balaban J connectivity index is 1.56. The van der Waals surface area contributed by atoms with Crippen molar-refractivity contribution in [3.05, 3.63) is 48.0 Å². The highest BCUT2D eigenvalue weighted by atomic mass is 16.7. The summed E-state index contributed by atoms with van der Waals surface area (Å²) < 4.78 is 15.5. The number of hydrogen-bond acceptors (Lipinski definition) is 6. The van der Waals surface area contributed by atoms with Gasteiger partial charge in [0, 0.05) is 17.8 Å². The lowest BCUT2D eigenvalue weighted by Crippen LogP contribution is -2.34. The molecule has 0 aromatic heterocycles. The topological polar surface area (TPSA) is 115 Å². The highest BCUT2D eigenvalue weighted by molar-refractivity contribution is 6.02. The fourth-order valence-corrected chi connectivity index (χ4v) is 2.57. The number of urea groups is 1. The van der Waals surface area contributed by atoms with E-state index in [9.17, 15) is 14.4 Å². The van der Waals surface area contributed by atoms with Crippen LogP contribution >= 0.6 is 0 Å². The molecule has 0 bridgehead atoms. The van der Waals surface area contributed by atoms with Crippen LogP contribution in [0.3, 0.4) is 0 Å². The number of amides is 3. The van der Waals surface area contributed by atoms with E-state index in [2.05, 4.69) is 16.0 Å². The van der Waals surface area contributed by atoms with Gasteiger partial charge in [-0.1, -0.05) is 12.1 Å². The van der Waals surface area contributed by atoms with E-state index in [4.69, 9.17) is 14.2 Å². The zero-order chi connectivity index (χ0) is 20.8. The van der Waals surface area contributed by atoms with Crippen LogP contribution in [0, 0.1) is 0 Å². The first-order valence-electron chi connectivity index (χ1n) is 8.95. The first-order chi connectivity index (χ1) is 13.9. The van der Waals surface area contributed by atoms with Crippen LogP contribution in [0.5, 0.6) is 11.5 Å². The Kier molecular flexibility index (Phi) is 6.18. The van der Waals surface area contributed by atoms with Gasteiger partial charge in [0.2, 0.25) is 6.79 Å². The van der Waals surface area contributed by atoms with E-state index >= 15 is 0 Å². The van der Waals surface area contributed by atoms with Crippen molar-refractivity contribution in [1.29, 1.82) is 0 Å². The molecule has 9 nitrogen and oxygen atoms in total. The van der Waals surface area contributed by atoms with Crippen molar-refractivity contribution in [2.75, 3.05) is 24.0 Å². The van der Waals surface area contributed by atoms with Crippen molar-refractivity contribution in [2.24, 2.45) is 0 Å². The summed E-state index contributed by atoms with van der Waals surface area (Å²) >= 11 is 0. The molecule has 0 radical (unpaired) electrons. The van der Waals surface area contributed by atoms with E-state index < -0.39 is 24.5 Å². The van der Waals surface area contributed by atoms with Gasteiger partial charge in [-0.25, -0.2) is 9.59 Å². The number of hydrogen-bond donors (Lipinski definition) is 3. The van der Waals surface area contributed by atoms with E-state index in [1.165, 1.54) is 6.07 Å². The summed E-state index contributed by atoms with van der Waals surface area (Å²) in [4.78, 5) is 36.4. The second-order valence-electron chi connectivity index (χ2n) is 6.49. The predicted molar refractivity (Wildman–Crippen MR) is 105 cm³/mol. The average molecular weight is 399 g/mol. The molecule has 0 atom stereocenters. The maximum absolute atomic E-state index is 12.4. The minimum Gasteiger partial charge on any atom is -0.454 e. The SMILES string of the molecule is CC(C)NC(=O)Nc1ccccc1C(=O)OCC(=O)Nc1ccc2c(c1)OCO2. The van der Waals surface area contributed by atoms with Gasteiger partial charge in [-0.15, -0.1) is 0 Å². The van der Waals surface area contributed by atoms with Crippen LogP contribution in [0.25, 0.3) is 0 Å². The minimum absolute atomic E-state index is 0.0611. The van der Waals surface area contributed by atoms with E-state index in [1.807, 2.05) is 13.8 Å². The molecule has 9 heteroatoms. The third-order valence-corrected chi connectivity index (χ3v) is 3.81. The number of nitrogens with one attached hydrogen (secondary N) is 3. The van der Waals surface area contributed by atoms with Crippen molar-refractivity contribution in [3.63, 3.8) is 0 Å². The fraction of sp³-hybridized carbons (Fsp3) is 0.250. The quantitative estimate of drug-likeness (QED) is 0.644. The molecule has 0 saturated heterocycles. The van der Waals surface area contributed by atoms with Crippen molar-refractivity contribution < 1.29 is 28.6 Å². The molecule has 1 aliphatic rings. The molecular formula is C20H21N3O6. The fourth-order valence-electron chi connectivity index (χ4n) is 2.57. The molecule has 3 amide bonds. The van der Waals surface area contributed by atoms with Gasteiger partial charge < -0.3 is 30.2 Å². The summed E-state index contributed by atoms with van der Waals surface area (Å²) in [6.45, 7) is 3.28. The first-order valence-corrected chi connectivity index (χ1v) is 8.95. The molecule has 3 rings (SSSR count). The van der Waals surface area contributed by atoms with Gasteiger partial charge in [-0.3, -0.25) is 4.79 Å². The normalized spacial score (nSPS) is 11.7. The van der Waals surface area contributed by atoms with Crippen molar-refractivity contribution in [2.45, 2.75) is 19.9 Å². The summed E-state index contributed by atoms with van der Waals surface area (Å²) in [6, 6.07) is 10.8. The largest absolute Gasteiger partial charge is 0.454 e. The summed E-state index contributed by atoms with van der Waals surface area (Å²) in [5, 5.41) is 7.88. The van der Waals surface area contributed by atoms with Gasteiger partial charge in [0.1, 0.15) is 0 Å². The smallest absolute Gasteiger partial charge is 0.340 e. The molecule has 0 spiro atoms. The third kappa shape index (κ3) is 5.38. The van der Waals surface area contributed by atoms with E-state index in [0.717, 1.165) is 0 Å². The molecule has 29 heavy (non-hydrogen) atoms. The number of benzene rings is 2. The second-order valence-corrected chi connectivity index (χ2v) is 6.49. The zero-order valence-electron chi connectivity index (χ0n) is 16.0. The summed E-state index contributed by atoms with van der Waals surface area (Å²) in [5.74, 6) is -0.119. The number of rotatable bonds is 6. The molecule has 3 N–H and O–H groups in total. The van der Waals surface area contributed by atoms with Gasteiger partial charge in [0.25, 0.3) is 5.91 Å². The maximum atomic E-state index is 12.4. The van der Waals surface area contributed by atoms with E-state index in [0.29, 0.717) is 17.2 Å². The van der Waals surface area contributed by atoms with Gasteiger partial charge in [0.15, 0.2) is 18.1 Å². The van der Waals surface area contributed by atoms with Gasteiger partial charge >= 0.3 is 12.0 Å². The predicted octanol–water partition coefficient (Wildman–Crippen LogP) is 2.74. The first kappa shape index (κ1) is 20.0. The summed E-state index contributed by atoms with van der Waals surface area (Å²) in [7, 11) is 0. The number of ether oxygens (including phenoxy) is 3. The van der Waals surface area contributed by atoms with Gasteiger partial charge in [0.05, 0.1) is 11.3 Å². The Morgan fingerprint density at radius 2 is 1.79 bits per heavy atom. The highest BCUT2D eigenvalue weighted by Crippen LogP contribution is 2.34. The van der Waals surface area contributed by atoms with Crippen molar-refractivity contribution >= 4 is 29.3 Å². The molecule has 1 heterocycles. The Morgan fingerprint density at radius 3 is 2.59 bits per heavy atom. The maximum Gasteiger partial charge on any atom is 0.340 e. The second kappa shape index (κ2) is 8.96. The van der Waals surface area contributed by atoms with Crippen LogP contribution in [0.15, 0.2) is 42.5 Å². The van der Waals surface area contributed by atoms with Crippen LogP contribution < -0.4 is 25.4 Å². The molecular weight excluding hydrogens is 378 g/mol. The highest BCUT2D eigenvalue weighted by Gasteiger charge is 2.17. The number of fused-ring (bicyclic) bond motifs is 1. The lowest BCUT2D eigenvalue weighted by atomic mass is 10.2. The number of anilines is 2. The molecule has 0 aliphatic carbocycles. The van der Waals surface area contributed by atoms with Crippen LogP contribution in [0.4, 0.5) is 16.2 Å². The molecule has 152 valence electrons. The van der Waals surface area contributed by atoms with Gasteiger partial charge in [-0.2, -0.15) is 0 Å². The lowest BCUT2D eigenvalue weighted by Gasteiger charge is -2.13. The number of esters is 1. The lowest BCUT2D eigenvalue weighted by molar-refractivity contribution is -0.119. The Labute approximate surface area is 167 Å². The van der Waals surface area contributed by atoms with Crippen molar-refractivity contribution in [1.82, 2.24) is 5.32 Å². The van der Waals surface area contributed by atoms with E-state index in [1.54, 1.807) is 36.4 Å². The van der Waals surface area contributed by atoms with Crippen LogP contribution in [0.2, 0.25) is 0 Å². The zero-order valence-corrected chi connectivity index (χ0v) is 16.0.